The smallest absolute Gasteiger partial charge is 0.250 e. The topological polar surface area (TPSA) is 15.3 Å². The molecular formula is C9H16F2N2. The zero-order valence-electron chi connectivity index (χ0n) is 7.68. The first-order chi connectivity index (χ1) is 6.27. The fourth-order valence-corrected chi connectivity index (χ4v) is 2.56. The molecule has 0 aromatic heterocycles. The van der Waals surface area contributed by atoms with Gasteiger partial charge in [0.05, 0.1) is 6.54 Å². The van der Waals surface area contributed by atoms with E-state index in [-0.39, 0.29) is 6.54 Å². The molecule has 0 amide bonds. The van der Waals surface area contributed by atoms with Crippen molar-refractivity contribution in [2.75, 3.05) is 19.6 Å². The molecule has 0 bridgehead atoms. The highest BCUT2D eigenvalue weighted by atomic mass is 19.3. The zero-order valence-corrected chi connectivity index (χ0v) is 7.68. The fourth-order valence-electron chi connectivity index (χ4n) is 2.56. The molecule has 2 heterocycles. The van der Waals surface area contributed by atoms with E-state index >= 15 is 0 Å². The van der Waals surface area contributed by atoms with Gasteiger partial charge in [-0.2, -0.15) is 0 Å². The Morgan fingerprint density at radius 3 is 2.92 bits per heavy atom. The van der Waals surface area contributed by atoms with Gasteiger partial charge in [-0.25, -0.2) is 8.78 Å². The number of alkyl halides is 2. The number of halogens is 2. The third kappa shape index (κ3) is 1.99. The van der Waals surface area contributed by atoms with Crippen LogP contribution in [0.4, 0.5) is 8.78 Å². The molecule has 2 saturated heterocycles. The Bertz CT molecular complexity index is 175. The first-order valence-corrected chi connectivity index (χ1v) is 5.03. The lowest BCUT2D eigenvalue weighted by Crippen LogP contribution is -2.41. The highest BCUT2D eigenvalue weighted by molar-refractivity contribution is 4.95. The molecule has 2 unspecified atom stereocenters. The van der Waals surface area contributed by atoms with Crippen molar-refractivity contribution in [3.63, 3.8) is 0 Å². The van der Waals surface area contributed by atoms with Gasteiger partial charge in [0.25, 0.3) is 6.43 Å². The number of hydrogen-bond donors (Lipinski definition) is 1. The summed E-state index contributed by atoms with van der Waals surface area (Å²) in [4.78, 5) is 2.42. The third-order valence-electron chi connectivity index (χ3n) is 3.14. The molecule has 0 spiro atoms. The van der Waals surface area contributed by atoms with Gasteiger partial charge in [-0.05, 0) is 25.8 Å². The maximum Gasteiger partial charge on any atom is 0.250 e. The van der Waals surface area contributed by atoms with Crippen molar-refractivity contribution < 1.29 is 8.78 Å². The van der Waals surface area contributed by atoms with Crippen LogP contribution in [0.3, 0.4) is 0 Å². The predicted octanol–water partition coefficient (Wildman–Crippen LogP) is 1.08. The van der Waals surface area contributed by atoms with Crippen LogP contribution in [0.1, 0.15) is 19.3 Å². The highest BCUT2D eigenvalue weighted by Gasteiger charge is 2.36. The molecule has 2 aliphatic rings. The van der Waals surface area contributed by atoms with Crippen molar-refractivity contribution in [1.82, 2.24) is 10.2 Å². The number of nitrogens with one attached hydrogen (secondary N) is 1. The standard InChI is InChI=1S/C9H16F2N2/c10-9(11)6-12-7-3-5-13-4-1-2-8(7)13/h7-9,12H,1-6H2. The van der Waals surface area contributed by atoms with Crippen molar-refractivity contribution in [1.29, 1.82) is 0 Å². The summed E-state index contributed by atoms with van der Waals surface area (Å²) in [6, 6.07) is 0.857. The lowest BCUT2D eigenvalue weighted by atomic mass is 10.1. The van der Waals surface area contributed by atoms with Gasteiger partial charge in [-0.15, -0.1) is 0 Å². The molecule has 0 aromatic carbocycles. The van der Waals surface area contributed by atoms with Gasteiger partial charge in [-0.3, -0.25) is 4.90 Å². The SMILES string of the molecule is FC(F)CNC1CCN2CCCC12. The minimum Gasteiger partial charge on any atom is -0.307 e. The molecule has 0 saturated carbocycles. The van der Waals surface area contributed by atoms with Gasteiger partial charge >= 0.3 is 0 Å². The largest absolute Gasteiger partial charge is 0.307 e. The van der Waals surface area contributed by atoms with Gasteiger partial charge in [0.1, 0.15) is 0 Å². The van der Waals surface area contributed by atoms with Crippen molar-refractivity contribution in [2.24, 2.45) is 0 Å². The Balaban J connectivity index is 1.80. The van der Waals surface area contributed by atoms with E-state index in [1.807, 2.05) is 0 Å². The van der Waals surface area contributed by atoms with Crippen molar-refractivity contribution >= 4 is 0 Å². The molecule has 76 valence electrons. The van der Waals surface area contributed by atoms with E-state index in [9.17, 15) is 8.78 Å². The molecule has 0 aromatic rings. The highest BCUT2D eigenvalue weighted by Crippen LogP contribution is 2.27. The number of hydrogen-bond acceptors (Lipinski definition) is 2. The summed E-state index contributed by atoms with van der Waals surface area (Å²) in [5.41, 5.74) is 0. The first-order valence-electron chi connectivity index (χ1n) is 5.03. The predicted molar refractivity (Wildman–Crippen MR) is 47.0 cm³/mol. The minimum atomic E-state index is -2.21. The number of nitrogens with zero attached hydrogens (tertiary/aromatic N) is 1. The summed E-state index contributed by atoms with van der Waals surface area (Å²) in [5, 5.41) is 2.96. The second-order valence-corrected chi connectivity index (χ2v) is 3.94. The molecule has 2 nitrogen and oxygen atoms in total. The minimum absolute atomic E-state index is 0.144. The van der Waals surface area contributed by atoms with E-state index in [1.54, 1.807) is 0 Å². The number of fused-ring (bicyclic) bond motifs is 1. The Morgan fingerprint density at radius 2 is 2.15 bits per heavy atom. The van der Waals surface area contributed by atoms with Gasteiger partial charge < -0.3 is 5.32 Å². The van der Waals surface area contributed by atoms with E-state index in [0.717, 1.165) is 19.5 Å². The summed E-state index contributed by atoms with van der Waals surface area (Å²) in [6.07, 6.45) is 1.24. The number of rotatable bonds is 3. The van der Waals surface area contributed by atoms with Gasteiger partial charge in [-0.1, -0.05) is 0 Å². The molecule has 2 aliphatic heterocycles. The van der Waals surface area contributed by atoms with Gasteiger partial charge in [0.15, 0.2) is 0 Å². The van der Waals surface area contributed by atoms with Crippen molar-refractivity contribution in [3.05, 3.63) is 0 Å². The van der Waals surface area contributed by atoms with Crippen LogP contribution in [0, 0.1) is 0 Å². The lowest BCUT2D eigenvalue weighted by molar-refractivity contribution is 0.138. The summed E-state index contributed by atoms with van der Waals surface area (Å²) in [5.74, 6) is 0. The molecule has 4 heteroatoms. The molecule has 2 fully saturated rings. The zero-order chi connectivity index (χ0) is 9.26. The van der Waals surface area contributed by atoms with Crippen LogP contribution in [-0.2, 0) is 0 Å². The average molecular weight is 190 g/mol. The van der Waals surface area contributed by atoms with E-state index in [2.05, 4.69) is 10.2 Å². The van der Waals surface area contributed by atoms with E-state index in [1.165, 1.54) is 12.8 Å². The average Bonchev–Trinajstić information content (AvgIpc) is 2.60. The Hall–Kier alpha value is -0.220. The molecule has 2 atom stereocenters. The van der Waals surface area contributed by atoms with Crippen molar-refractivity contribution in [2.45, 2.75) is 37.8 Å². The van der Waals surface area contributed by atoms with Crippen LogP contribution in [0.15, 0.2) is 0 Å². The van der Waals surface area contributed by atoms with E-state index in [4.69, 9.17) is 0 Å². The van der Waals surface area contributed by atoms with Crippen LogP contribution in [0.25, 0.3) is 0 Å². The van der Waals surface area contributed by atoms with E-state index < -0.39 is 6.43 Å². The monoisotopic (exact) mass is 190 g/mol. The normalized spacial score (nSPS) is 34.4. The molecule has 0 aliphatic carbocycles. The molecule has 13 heavy (non-hydrogen) atoms. The quantitative estimate of drug-likeness (QED) is 0.716. The first kappa shape index (κ1) is 9.34. The Labute approximate surface area is 77.3 Å². The fraction of sp³-hybridized carbons (Fsp3) is 1.00. The lowest BCUT2D eigenvalue weighted by Gasteiger charge is -2.20. The van der Waals surface area contributed by atoms with Crippen LogP contribution >= 0.6 is 0 Å². The Kier molecular flexibility index (Phi) is 2.79. The van der Waals surface area contributed by atoms with Crippen molar-refractivity contribution in [3.8, 4) is 0 Å². The second-order valence-electron chi connectivity index (χ2n) is 3.94. The molecule has 0 radical (unpaired) electrons. The third-order valence-corrected chi connectivity index (χ3v) is 3.14. The van der Waals surface area contributed by atoms with Gasteiger partial charge in [0, 0.05) is 18.6 Å². The molecule has 2 rings (SSSR count). The maximum atomic E-state index is 12.0. The Morgan fingerprint density at radius 1 is 1.31 bits per heavy atom. The summed E-state index contributed by atoms with van der Waals surface area (Å²) in [7, 11) is 0. The molecule has 1 N–H and O–H groups in total. The summed E-state index contributed by atoms with van der Waals surface area (Å²) < 4.78 is 23.9. The summed E-state index contributed by atoms with van der Waals surface area (Å²) in [6.45, 7) is 2.11. The van der Waals surface area contributed by atoms with Crippen LogP contribution in [-0.4, -0.2) is 43.0 Å². The van der Waals surface area contributed by atoms with Crippen LogP contribution in [0.2, 0.25) is 0 Å². The maximum absolute atomic E-state index is 12.0. The van der Waals surface area contributed by atoms with Gasteiger partial charge in [0.2, 0.25) is 0 Å². The van der Waals surface area contributed by atoms with Crippen LogP contribution < -0.4 is 5.32 Å². The molecular weight excluding hydrogens is 174 g/mol. The summed E-state index contributed by atoms with van der Waals surface area (Å²) >= 11 is 0. The second kappa shape index (κ2) is 3.88. The van der Waals surface area contributed by atoms with Crippen LogP contribution in [0.5, 0.6) is 0 Å². The van der Waals surface area contributed by atoms with E-state index in [0.29, 0.717) is 12.1 Å².